The molecule has 1 saturated heterocycles. The summed E-state index contributed by atoms with van der Waals surface area (Å²) in [7, 11) is 0. The fourth-order valence-corrected chi connectivity index (χ4v) is 2.81. The molecular weight excluding hydrogens is 399 g/mol. The van der Waals surface area contributed by atoms with Crippen molar-refractivity contribution in [3.63, 3.8) is 0 Å². The second-order valence-corrected chi connectivity index (χ2v) is 5.98. The number of benzene rings is 1. The van der Waals surface area contributed by atoms with Gasteiger partial charge in [-0.15, -0.1) is 0 Å². The molecule has 1 aliphatic heterocycles. The van der Waals surface area contributed by atoms with Gasteiger partial charge in [-0.25, -0.2) is 10.3 Å². The number of piperidine rings is 1. The molecule has 0 saturated carbocycles. The summed E-state index contributed by atoms with van der Waals surface area (Å²) < 4.78 is 38.2. The van der Waals surface area contributed by atoms with Crippen LogP contribution >= 0.6 is 15.9 Å². The molecule has 1 heterocycles. The molecule has 0 radical (unpaired) electrons. The van der Waals surface area contributed by atoms with Crippen LogP contribution in [0, 0.1) is 10.1 Å². The van der Waals surface area contributed by atoms with Crippen molar-refractivity contribution in [1.82, 2.24) is 4.90 Å². The molecule has 0 spiro atoms. The average Bonchev–Trinajstić information content (AvgIpc) is 2.52. The highest BCUT2D eigenvalue weighted by atomic mass is 79.9. The minimum Gasteiger partial charge on any atom is -0.324 e. The number of hydrogen-bond donors (Lipinski definition) is 1. The van der Waals surface area contributed by atoms with Crippen molar-refractivity contribution in [2.45, 2.75) is 25.4 Å². The summed E-state index contributed by atoms with van der Waals surface area (Å²) in [5.74, 6) is 0. The van der Waals surface area contributed by atoms with Gasteiger partial charge in [0.2, 0.25) is 0 Å². The molecule has 0 atom stereocenters. The Hall–Kier alpha value is -2.04. The normalized spacial score (nSPS) is 15.1. The number of carbonyl (C=O) groups is 1. The third-order valence-corrected chi connectivity index (χ3v) is 4.11. The molecule has 2 rings (SSSR count). The predicted molar refractivity (Wildman–Crippen MR) is 81.3 cm³/mol. The van der Waals surface area contributed by atoms with Crippen LogP contribution in [0.3, 0.4) is 0 Å². The van der Waals surface area contributed by atoms with Crippen LogP contribution in [0.25, 0.3) is 0 Å². The first-order valence-electron chi connectivity index (χ1n) is 6.97. The van der Waals surface area contributed by atoms with Gasteiger partial charge in [-0.05, 0) is 41.3 Å². The Kier molecular flexibility index (Phi) is 5.52. The fraction of sp³-hybridized carbons (Fsp3) is 0.462. The van der Waals surface area contributed by atoms with Crippen LogP contribution in [0.15, 0.2) is 16.6 Å². The quantitative estimate of drug-likeness (QED) is 0.591. The van der Waals surface area contributed by atoms with Gasteiger partial charge < -0.3 is 9.74 Å². The van der Waals surface area contributed by atoms with Gasteiger partial charge >= 0.3 is 12.3 Å². The number of alkyl halides is 3. The topological polar surface area (TPSA) is 84.7 Å². The number of anilines is 1. The summed E-state index contributed by atoms with van der Waals surface area (Å²) in [6.07, 6.45) is -2.94. The standard InChI is InChI=1S/C13H13BrF3N3O4/c14-9-7-11(20(22)23)10(6-8(9)13(15,16)17)18-24-12(21)19-4-2-1-3-5-19/h6-7,18H,1-5H2. The van der Waals surface area contributed by atoms with Crippen molar-refractivity contribution in [2.75, 3.05) is 18.6 Å². The highest BCUT2D eigenvalue weighted by Crippen LogP contribution is 2.40. The molecule has 0 unspecified atom stereocenters. The third-order valence-electron chi connectivity index (χ3n) is 3.45. The first kappa shape index (κ1) is 18.3. The summed E-state index contributed by atoms with van der Waals surface area (Å²) in [5.41, 5.74) is -0.349. The van der Waals surface area contributed by atoms with Gasteiger partial charge in [-0.3, -0.25) is 10.1 Å². The highest BCUT2D eigenvalue weighted by Gasteiger charge is 2.35. The number of amides is 1. The average molecular weight is 412 g/mol. The van der Waals surface area contributed by atoms with E-state index in [-0.39, 0.29) is 0 Å². The van der Waals surface area contributed by atoms with E-state index in [1.807, 2.05) is 5.48 Å². The summed E-state index contributed by atoms with van der Waals surface area (Å²) in [5, 5.41) is 11.0. The van der Waals surface area contributed by atoms with Crippen molar-refractivity contribution in [3.8, 4) is 0 Å². The highest BCUT2D eigenvalue weighted by molar-refractivity contribution is 9.10. The minimum absolute atomic E-state index is 0.469. The molecule has 1 aliphatic rings. The zero-order valence-corrected chi connectivity index (χ0v) is 13.8. The third kappa shape index (κ3) is 4.28. The molecule has 11 heteroatoms. The summed E-state index contributed by atoms with van der Waals surface area (Å²) in [6.45, 7) is 0.938. The van der Waals surface area contributed by atoms with Crippen LogP contribution in [-0.4, -0.2) is 29.0 Å². The van der Waals surface area contributed by atoms with E-state index in [4.69, 9.17) is 4.84 Å². The van der Waals surface area contributed by atoms with E-state index in [9.17, 15) is 28.1 Å². The maximum Gasteiger partial charge on any atom is 0.434 e. The van der Waals surface area contributed by atoms with Crippen LogP contribution < -0.4 is 5.48 Å². The van der Waals surface area contributed by atoms with E-state index in [1.54, 1.807) is 0 Å². The Bertz CT molecular complexity index is 648. The lowest BCUT2D eigenvalue weighted by Gasteiger charge is -2.25. The monoisotopic (exact) mass is 411 g/mol. The van der Waals surface area contributed by atoms with Crippen molar-refractivity contribution < 1.29 is 27.7 Å². The Balaban J connectivity index is 2.21. The number of likely N-dealkylation sites (tertiary alicyclic amines) is 1. The largest absolute Gasteiger partial charge is 0.434 e. The van der Waals surface area contributed by atoms with Gasteiger partial charge in [-0.2, -0.15) is 13.2 Å². The van der Waals surface area contributed by atoms with Crippen molar-refractivity contribution >= 4 is 33.4 Å². The number of rotatable bonds is 3. The summed E-state index contributed by atoms with van der Waals surface area (Å²) >= 11 is 2.66. The first-order valence-corrected chi connectivity index (χ1v) is 7.76. The zero-order chi connectivity index (χ0) is 17.9. The van der Waals surface area contributed by atoms with E-state index >= 15 is 0 Å². The fourth-order valence-electron chi connectivity index (χ4n) is 2.25. The van der Waals surface area contributed by atoms with Crippen molar-refractivity contribution in [3.05, 3.63) is 32.3 Å². The lowest BCUT2D eigenvalue weighted by Crippen LogP contribution is -2.37. The van der Waals surface area contributed by atoms with Crippen LogP contribution in [0.4, 0.5) is 29.3 Å². The summed E-state index contributed by atoms with van der Waals surface area (Å²) in [4.78, 5) is 28.1. The number of nitro groups is 1. The molecule has 7 nitrogen and oxygen atoms in total. The van der Waals surface area contributed by atoms with E-state index < -0.39 is 38.6 Å². The smallest absolute Gasteiger partial charge is 0.324 e. The SMILES string of the molecule is O=C(ONc1cc(C(F)(F)F)c(Br)cc1[N+](=O)[O-])N1CCCCC1. The van der Waals surface area contributed by atoms with Crippen LogP contribution in [0.1, 0.15) is 24.8 Å². The van der Waals surface area contributed by atoms with E-state index in [0.29, 0.717) is 25.2 Å². The molecule has 24 heavy (non-hydrogen) atoms. The van der Waals surface area contributed by atoms with E-state index in [2.05, 4.69) is 15.9 Å². The van der Waals surface area contributed by atoms with Crippen molar-refractivity contribution in [1.29, 1.82) is 0 Å². The molecule has 1 amide bonds. The Labute approximate surface area is 143 Å². The van der Waals surface area contributed by atoms with E-state index in [0.717, 1.165) is 19.3 Å². The Morgan fingerprint density at radius 1 is 1.29 bits per heavy atom. The number of halogens is 4. The molecule has 1 fully saturated rings. The van der Waals surface area contributed by atoms with Gasteiger partial charge in [-0.1, -0.05) is 0 Å². The molecular formula is C13H13BrF3N3O4. The van der Waals surface area contributed by atoms with Crippen LogP contribution in [0.2, 0.25) is 0 Å². The number of nitro benzene ring substituents is 1. The molecule has 1 N–H and O–H groups in total. The predicted octanol–water partition coefficient (Wildman–Crippen LogP) is 4.33. The molecule has 1 aromatic carbocycles. The zero-order valence-electron chi connectivity index (χ0n) is 12.2. The number of nitrogens with one attached hydrogen (secondary N) is 1. The minimum atomic E-state index is -4.72. The lowest BCUT2D eigenvalue weighted by molar-refractivity contribution is -0.384. The van der Waals surface area contributed by atoms with Gasteiger partial charge in [0.05, 0.1) is 10.5 Å². The molecule has 0 aromatic heterocycles. The Morgan fingerprint density at radius 3 is 2.46 bits per heavy atom. The molecule has 0 bridgehead atoms. The van der Waals surface area contributed by atoms with Crippen LogP contribution in [0.5, 0.6) is 0 Å². The second-order valence-electron chi connectivity index (χ2n) is 5.12. The Morgan fingerprint density at radius 2 is 1.92 bits per heavy atom. The number of carbonyl (C=O) groups excluding carboxylic acids is 1. The molecule has 0 aliphatic carbocycles. The maximum absolute atomic E-state index is 12.9. The van der Waals surface area contributed by atoms with E-state index in [1.165, 1.54) is 4.90 Å². The number of hydrogen-bond acceptors (Lipinski definition) is 5. The van der Waals surface area contributed by atoms with Gasteiger partial charge in [0.1, 0.15) is 5.69 Å². The van der Waals surface area contributed by atoms with Gasteiger partial charge in [0.25, 0.3) is 5.69 Å². The summed E-state index contributed by atoms with van der Waals surface area (Å²) in [6, 6.07) is 1.23. The first-order chi connectivity index (χ1) is 11.2. The van der Waals surface area contributed by atoms with Crippen molar-refractivity contribution in [2.24, 2.45) is 0 Å². The maximum atomic E-state index is 12.9. The second kappa shape index (κ2) is 7.24. The lowest BCUT2D eigenvalue weighted by atomic mass is 10.1. The molecule has 132 valence electrons. The van der Waals surface area contributed by atoms with Crippen LogP contribution in [-0.2, 0) is 11.0 Å². The van der Waals surface area contributed by atoms with Gasteiger partial charge in [0, 0.05) is 23.6 Å². The number of nitrogens with zero attached hydrogens (tertiary/aromatic N) is 2. The molecule has 1 aromatic rings. The van der Waals surface area contributed by atoms with Gasteiger partial charge in [0.15, 0.2) is 0 Å².